The van der Waals surface area contributed by atoms with Crippen LogP contribution in [0.5, 0.6) is 0 Å². The molecule has 5 heteroatoms. The number of imidazole rings is 1. The quantitative estimate of drug-likeness (QED) is 0.891. The number of rotatable bonds is 2. The van der Waals surface area contributed by atoms with Crippen LogP contribution in [0.4, 0.5) is 4.39 Å². The maximum absolute atomic E-state index is 13.4. The summed E-state index contributed by atoms with van der Waals surface area (Å²) in [5.41, 5.74) is 5.90. The van der Waals surface area contributed by atoms with Crippen molar-refractivity contribution in [2.24, 2.45) is 5.73 Å². The molecule has 2 N–H and O–H groups in total. The van der Waals surface area contributed by atoms with Crippen LogP contribution in [-0.4, -0.2) is 15.9 Å². The Balaban J connectivity index is 2.71. The van der Waals surface area contributed by atoms with Gasteiger partial charge in [0.15, 0.2) is 0 Å². The Morgan fingerprint density at radius 3 is 3.07 bits per heavy atom. The van der Waals surface area contributed by atoms with Gasteiger partial charge in [-0.15, -0.1) is 0 Å². The maximum Gasteiger partial charge on any atom is 0.150 e. The van der Waals surface area contributed by atoms with Crippen LogP contribution in [0.2, 0.25) is 0 Å². The van der Waals surface area contributed by atoms with E-state index in [4.69, 9.17) is 5.73 Å². The van der Waals surface area contributed by atoms with Gasteiger partial charge in [0.05, 0.1) is 0 Å². The summed E-state index contributed by atoms with van der Waals surface area (Å²) < 4.78 is 15.6. The van der Waals surface area contributed by atoms with Gasteiger partial charge in [0.2, 0.25) is 0 Å². The third kappa shape index (κ3) is 1.42. The summed E-state index contributed by atoms with van der Waals surface area (Å²) in [6, 6.07) is 3.06. The lowest BCUT2D eigenvalue weighted by Crippen LogP contribution is -2.06. The van der Waals surface area contributed by atoms with E-state index >= 15 is 0 Å². The van der Waals surface area contributed by atoms with Crippen LogP contribution in [0.15, 0.2) is 22.9 Å². The van der Waals surface area contributed by atoms with Gasteiger partial charge in [0.1, 0.15) is 21.8 Å². The van der Waals surface area contributed by atoms with Crippen molar-refractivity contribution in [3.63, 3.8) is 0 Å². The predicted octanol–water partition coefficient (Wildman–Crippen LogP) is 1.74. The third-order valence-electron chi connectivity index (χ3n) is 2.01. The molecule has 0 fully saturated rings. The second-order valence-corrected chi connectivity index (χ2v) is 3.68. The average molecular weight is 258 g/mol. The Morgan fingerprint density at radius 2 is 2.36 bits per heavy atom. The Hall–Kier alpha value is -0.940. The SMILES string of the molecule is NCCc1nc(Br)c2c(F)cccn12. The summed E-state index contributed by atoms with van der Waals surface area (Å²) in [5, 5.41) is 0. The topological polar surface area (TPSA) is 43.3 Å². The molecule has 0 aliphatic rings. The summed E-state index contributed by atoms with van der Waals surface area (Å²) in [5.74, 6) is 0.490. The zero-order valence-electron chi connectivity index (χ0n) is 7.37. The normalized spacial score (nSPS) is 11.1. The lowest BCUT2D eigenvalue weighted by Gasteiger charge is -1.98. The van der Waals surface area contributed by atoms with Gasteiger partial charge in [-0.25, -0.2) is 9.37 Å². The second-order valence-electron chi connectivity index (χ2n) is 2.93. The third-order valence-corrected chi connectivity index (χ3v) is 2.57. The largest absolute Gasteiger partial charge is 0.330 e. The van der Waals surface area contributed by atoms with E-state index < -0.39 is 0 Å². The molecule has 0 spiro atoms. The van der Waals surface area contributed by atoms with Crippen LogP contribution >= 0.6 is 15.9 Å². The number of nitrogens with zero attached hydrogens (tertiary/aromatic N) is 2. The first-order chi connectivity index (χ1) is 6.74. The van der Waals surface area contributed by atoms with Crippen molar-refractivity contribution in [2.75, 3.05) is 6.54 Å². The lowest BCUT2D eigenvalue weighted by atomic mass is 10.4. The van der Waals surface area contributed by atoms with Gasteiger partial charge in [-0.1, -0.05) is 0 Å². The van der Waals surface area contributed by atoms with Gasteiger partial charge in [0.25, 0.3) is 0 Å². The fraction of sp³-hybridized carbons (Fsp3) is 0.222. The van der Waals surface area contributed by atoms with Gasteiger partial charge >= 0.3 is 0 Å². The monoisotopic (exact) mass is 257 g/mol. The number of halogens is 2. The molecule has 0 aliphatic carbocycles. The molecule has 0 aromatic carbocycles. The van der Waals surface area contributed by atoms with Crippen LogP contribution in [0.1, 0.15) is 5.82 Å². The summed E-state index contributed by atoms with van der Waals surface area (Å²) in [6.07, 6.45) is 2.41. The first-order valence-corrected chi connectivity index (χ1v) is 5.04. The average Bonchev–Trinajstić information content (AvgIpc) is 2.46. The van der Waals surface area contributed by atoms with Gasteiger partial charge in [-0.3, -0.25) is 0 Å². The zero-order valence-corrected chi connectivity index (χ0v) is 8.96. The number of aromatic nitrogens is 2. The zero-order chi connectivity index (χ0) is 10.1. The van der Waals surface area contributed by atoms with Gasteiger partial charge in [-0.05, 0) is 34.6 Å². The molecule has 0 unspecified atom stereocenters. The molecule has 14 heavy (non-hydrogen) atoms. The molecule has 74 valence electrons. The molecule has 2 heterocycles. The van der Waals surface area contributed by atoms with E-state index in [1.807, 2.05) is 0 Å². The molecule has 0 saturated carbocycles. The molecule has 2 aromatic heterocycles. The second kappa shape index (κ2) is 3.67. The van der Waals surface area contributed by atoms with E-state index in [9.17, 15) is 4.39 Å². The van der Waals surface area contributed by atoms with Gasteiger partial charge in [0, 0.05) is 12.6 Å². The minimum absolute atomic E-state index is 0.282. The Morgan fingerprint density at radius 1 is 1.57 bits per heavy atom. The molecular formula is C9H9BrFN3. The standard InChI is InChI=1S/C9H9BrFN3/c10-9-8-6(11)2-1-5-14(8)7(13-9)3-4-12/h1-2,5H,3-4,12H2. The highest BCUT2D eigenvalue weighted by Gasteiger charge is 2.11. The highest BCUT2D eigenvalue weighted by atomic mass is 79.9. The van der Waals surface area contributed by atoms with Crippen molar-refractivity contribution in [3.8, 4) is 0 Å². The van der Waals surface area contributed by atoms with Crippen molar-refractivity contribution in [1.82, 2.24) is 9.38 Å². The fourth-order valence-electron chi connectivity index (χ4n) is 1.42. The number of hydrogen-bond acceptors (Lipinski definition) is 2. The minimum atomic E-state index is -0.282. The van der Waals surface area contributed by atoms with Crippen molar-refractivity contribution in [3.05, 3.63) is 34.6 Å². The molecule has 2 rings (SSSR count). The van der Waals surface area contributed by atoms with Crippen molar-refractivity contribution in [1.29, 1.82) is 0 Å². The molecule has 0 saturated heterocycles. The van der Waals surface area contributed by atoms with Crippen LogP contribution in [0, 0.1) is 5.82 Å². The van der Waals surface area contributed by atoms with E-state index in [0.29, 0.717) is 23.1 Å². The van der Waals surface area contributed by atoms with E-state index in [0.717, 1.165) is 5.82 Å². The van der Waals surface area contributed by atoms with Gasteiger partial charge in [-0.2, -0.15) is 0 Å². The fourth-order valence-corrected chi connectivity index (χ4v) is 2.01. The summed E-state index contributed by atoms with van der Waals surface area (Å²) in [4.78, 5) is 4.20. The summed E-state index contributed by atoms with van der Waals surface area (Å²) in [6.45, 7) is 0.502. The Kier molecular flexibility index (Phi) is 2.52. The van der Waals surface area contributed by atoms with Crippen LogP contribution in [0.25, 0.3) is 5.52 Å². The lowest BCUT2D eigenvalue weighted by molar-refractivity contribution is 0.632. The summed E-state index contributed by atoms with van der Waals surface area (Å²) in [7, 11) is 0. The molecule has 0 bridgehead atoms. The molecule has 3 nitrogen and oxygen atoms in total. The first kappa shape index (κ1) is 9.61. The van der Waals surface area contributed by atoms with Gasteiger partial charge < -0.3 is 10.1 Å². The van der Waals surface area contributed by atoms with Crippen molar-refractivity contribution in [2.45, 2.75) is 6.42 Å². The minimum Gasteiger partial charge on any atom is -0.330 e. The van der Waals surface area contributed by atoms with E-state index in [-0.39, 0.29) is 5.82 Å². The van der Waals surface area contributed by atoms with Crippen LogP contribution < -0.4 is 5.73 Å². The summed E-state index contributed by atoms with van der Waals surface area (Å²) >= 11 is 3.23. The first-order valence-electron chi connectivity index (χ1n) is 4.25. The molecule has 0 aliphatic heterocycles. The predicted molar refractivity (Wildman–Crippen MR) is 55.6 cm³/mol. The molecule has 2 aromatic rings. The number of pyridine rings is 1. The van der Waals surface area contributed by atoms with E-state index in [1.54, 1.807) is 16.7 Å². The molecule has 0 radical (unpaired) electrons. The Labute approximate surface area is 88.9 Å². The van der Waals surface area contributed by atoms with E-state index in [1.165, 1.54) is 6.07 Å². The smallest absolute Gasteiger partial charge is 0.150 e. The van der Waals surface area contributed by atoms with Crippen LogP contribution in [0.3, 0.4) is 0 Å². The molecule has 0 amide bonds. The number of nitrogens with two attached hydrogens (primary N) is 1. The Bertz CT molecular complexity index is 466. The molecule has 0 atom stereocenters. The number of fused-ring (bicyclic) bond motifs is 1. The maximum atomic E-state index is 13.4. The number of hydrogen-bond donors (Lipinski definition) is 1. The highest BCUT2D eigenvalue weighted by molar-refractivity contribution is 9.10. The van der Waals surface area contributed by atoms with E-state index in [2.05, 4.69) is 20.9 Å². The van der Waals surface area contributed by atoms with Crippen molar-refractivity contribution >= 4 is 21.4 Å². The van der Waals surface area contributed by atoms with Crippen molar-refractivity contribution < 1.29 is 4.39 Å². The highest BCUT2D eigenvalue weighted by Crippen LogP contribution is 2.21. The van der Waals surface area contributed by atoms with Crippen LogP contribution in [-0.2, 0) is 6.42 Å². The molecular weight excluding hydrogens is 249 g/mol.